The normalized spacial score (nSPS) is 14.6. The fraction of sp³-hybridized carbons (Fsp3) is 0.318. The van der Waals surface area contributed by atoms with Gasteiger partial charge in [-0.2, -0.15) is 0 Å². The molecule has 0 unspecified atom stereocenters. The summed E-state index contributed by atoms with van der Waals surface area (Å²) < 4.78 is 54.9. The zero-order valence-electron chi connectivity index (χ0n) is 19.3. The molecule has 0 atom stereocenters. The minimum absolute atomic E-state index is 0. The highest BCUT2D eigenvalue weighted by Gasteiger charge is 2.24. The van der Waals surface area contributed by atoms with Gasteiger partial charge in [-0.25, -0.2) is 16.8 Å². The average Bonchev–Trinajstić information content (AvgIpc) is 3.16. The molecule has 13 heteroatoms. The van der Waals surface area contributed by atoms with Crippen LogP contribution >= 0.6 is 23.7 Å². The smallest absolute Gasteiger partial charge is 0.271 e. The molecule has 2 aromatic heterocycles. The van der Waals surface area contributed by atoms with E-state index in [4.69, 9.17) is 0 Å². The largest absolute Gasteiger partial charge is 0.370 e. The monoisotopic (exact) mass is 557 g/mol. The first-order valence-corrected chi connectivity index (χ1v) is 14.9. The Hall–Kier alpha value is -2.38. The highest BCUT2D eigenvalue weighted by atomic mass is 35.5. The maximum atomic E-state index is 13.2. The molecule has 2 N–H and O–H groups in total. The topological polar surface area (TPSA) is 112 Å². The first-order valence-electron chi connectivity index (χ1n) is 10.7. The molecule has 9 nitrogen and oxygen atoms in total. The second-order valence-corrected chi connectivity index (χ2v) is 13.0. The zero-order valence-corrected chi connectivity index (χ0v) is 22.6. The van der Waals surface area contributed by atoms with Crippen LogP contribution in [-0.4, -0.2) is 61.3 Å². The Morgan fingerprint density at radius 1 is 1.06 bits per heavy atom. The van der Waals surface area contributed by atoms with Crippen molar-refractivity contribution in [2.24, 2.45) is 0 Å². The highest BCUT2D eigenvalue weighted by Crippen LogP contribution is 2.35. The molecule has 1 fully saturated rings. The van der Waals surface area contributed by atoms with Crippen molar-refractivity contribution < 1.29 is 16.8 Å². The van der Waals surface area contributed by atoms with E-state index in [0.717, 1.165) is 65.1 Å². The van der Waals surface area contributed by atoms with Gasteiger partial charge in [-0.3, -0.25) is 14.0 Å². The van der Waals surface area contributed by atoms with E-state index in [9.17, 15) is 16.8 Å². The minimum atomic E-state index is -3.95. The van der Waals surface area contributed by atoms with Gasteiger partial charge < -0.3 is 10.2 Å². The van der Waals surface area contributed by atoms with Crippen molar-refractivity contribution in [3.8, 4) is 10.6 Å². The molecule has 0 radical (unpaired) electrons. The number of nitrogens with zero attached hydrogens (tertiary/aromatic N) is 3. The van der Waals surface area contributed by atoms with Crippen LogP contribution in [0, 0.1) is 0 Å². The molecule has 0 amide bonds. The summed E-state index contributed by atoms with van der Waals surface area (Å²) in [4.78, 5) is 7.15. The number of benzene rings is 1. The van der Waals surface area contributed by atoms with E-state index in [1.807, 2.05) is 18.2 Å². The number of aromatic nitrogens is 1. The number of halogens is 1. The molecule has 4 rings (SSSR count). The lowest BCUT2D eigenvalue weighted by Gasteiger charge is -2.26. The fourth-order valence-corrected chi connectivity index (χ4v) is 6.52. The maximum absolute atomic E-state index is 13.2. The maximum Gasteiger partial charge on any atom is 0.271 e. The van der Waals surface area contributed by atoms with Gasteiger partial charge in [0.2, 0.25) is 10.0 Å². The lowest BCUT2D eigenvalue weighted by Crippen LogP contribution is -2.29. The number of hydrogen-bond donors (Lipinski definition) is 2. The van der Waals surface area contributed by atoms with Gasteiger partial charge in [-0.15, -0.1) is 23.7 Å². The standard InChI is InChI=1S/C22H27N5O4S3.ClH/c1-26(33(2,28)29)20-16-17(27-14-5-11-23-13-15-27)7-8-18(20)25-34(30,31)22-10-9-21(32-22)19-6-3-4-12-24-19;/h3-4,6-10,12,16,23,25H,5,11,13-15H2,1-2H3;1H. The fourth-order valence-electron chi connectivity index (χ4n) is 3.65. The molecule has 0 aliphatic carbocycles. The third-order valence-electron chi connectivity index (χ3n) is 5.53. The summed E-state index contributed by atoms with van der Waals surface area (Å²) in [6.07, 6.45) is 3.70. The molecule has 3 aromatic rings. The molecule has 0 bridgehead atoms. The predicted octanol–water partition coefficient (Wildman–Crippen LogP) is 3.23. The van der Waals surface area contributed by atoms with Crippen LogP contribution in [0.25, 0.3) is 10.6 Å². The van der Waals surface area contributed by atoms with Gasteiger partial charge in [0.15, 0.2) is 0 Å². The molecule has 0 spiro atoms. The third kappa shape index (κ3) is 6.44. The molecule has 1 aliphatic rings. The van der Waals surface area contributed by atoms with E-state index in [1.165, 1.54) is 13.1 Å². The third-order valence-corrected chi connectivity index (χ3v) is 9.69. The van der Waals surface area contributed by atoms with Crippen molar-refractivity contribution in [2.75, 3.05) is 53.4 Å². The van der Waals surface area contributed by atoms with Crippen LogP contribution in [0.5, 0.6) is 0 Å². The summed E-state index contributed by atoms with van der Waals surface area (Å²) in [6, 6.07) is 13.8. The summed E-state index contributed by atoms with van der Waals surface area (Å²) in [7, 11) is -6.16. The van der Waals surface area contributed by atoms with Gasteiger partial charge in [0.25, 0.3) is 10.0 Å². The van der Waals surface area contributed by atoms with E-state index in [1.54, 1.807) is 30.5 Å². The minimum Gasteiger partial charge on any atom is -0.370 e. The number of hydrogen-bond acceptors (Lipinski definition) is 8. The summed E-state index contributed by atoms with van der Waals surface area (Å²) in [5.74, 6) is 0. The number of sulfonamides is 2. The lowest BCUT2D eigenvalue weighted by atomic mass is 10.2. The lowest BCUT2D eigenvalue weighted by molar-refractivity contribution is 0.598. The molecular formula is C22H28ClN5O4S3. The number of anilines is 3. The van der Waals surface area contributed by atoms with Crippen LogP contribution < -0.4 is 19.2 Å². The first-order chi connectivity index (χ1) is 16.1. The quantitative estimate of drug-likeness (QED) is 0.458. The van der Waals surface area contributed by atoms with E-state index >= 15 is 0 Å². The van der Waals surface area contributed by atoms with Crippen LogP contribution in [0.15, 0.2) is 58.9 Å². The average molecular weight is 558 g/mol. The van der Waals surface area contributed by atoms with E-state index in [-0.39, 0.29) is 28.0 Å². The molecule has 0 saturated carbocycles. The Labute approximate surface area is 216 Å². The molecule has 1 saturated heterocycles. The van der Waals surface area contributed by atoms with Crippen LogP contribution in [0.3, 0.4) is 0 Å². The predicted molar refractivity (Wildman–Crippen MR) is 145 cm³/mol. The Bertz CT molecular complexity index is 1360. The van der Waals surface area contributed by atoms with Crippen molar-refractivity contribution in [1.82, 2.24) is 10.3 Å². The summed E-state index contributed by atoms with van der Waals surface area (Å²) in [6.45, 7) is 3.35. The van der Waals surface area contributed by atoms with Gasteiger partial charge in [0.05, 0.1) is 28.2 Å². The Morgan fingerprint density at radius 2 is 1.86 bits per heavy atom. The zero-order chi connectivity index (χ0) is 24.3. The number of nitrogens with one attached hydrogen (secondary N) is 2. The summed E-state index contributed by atoms with van der Waals surface area (Å²) >= 11 is 1.10. The van der Waals surface area contributed by atoms with Gasteiger partial charge >= 0.3 is 0 Å². The molecule has 35 heavy (non-hydrogen) atoms. The highest BCUT2D eigenvalue weighted by molar-refractivity contribution is 7.94. The number of pyridine rings is 1. The van der Waals surface area contributed by atoms with Crippen molar-refractivity contribution in [1.29, 1.82) is 0 Å². The van der Waals surface area contributed by atoms with Crippen LogP contribution in [-0.2, 0) is 20.0 Å². The van der Waals surface area contributed by atoms with E-state index < -0.39 is 20.0 Å². The Balaban J connectivity index is 0.00000342. The molecule has 1 aliphatic heterocycles. The van der Waals surface area contributed by atoms with Crippen molar-refractivity contribution in [3.05, 3.63) is 54.7 Å². The Morgan fingerprint density at radius 3 is 2.57 bits per heavy atom. The van der Waals surface area contributed by atoms with Gasteiger partial charge in [0, 0.05) is 38.6 Å². The van der Waals surface area contributed by atoms with E-state index in [2.05, 4.69) is 19.9 Å². The summed E-state index contributed by atoms with van der Waals surface area (Å²) in [5.41, 5.74) is 1.98. The second kappa shape index (κ2) is 11.1. The van der Waals surface area contributed by atoms with Crippen LogP contribution in [0.1, 0.15) is 6.42 Å². The van der Waals surface area contributed by atoms with Gasteiger partial charge in [-0.1, -0.05) is 6.07 Å². The van der Waals surface area contributed by atoms with Crippen molar-refractivity contribution >= 4 is 60.9 Å². The van der Waals surface area contributed by atoms with Crippen molar-refractivity contribution in [2.45, 2.75) is 10.6 Å². The van der Waals surface area contributed by atoms with Crippen molar-refractivity contribution in [3.63, 3.8) is 0 Å². The molecule has 1 aromatic carbocycles. The van der Waals surface area contributed by atoms with E-state index in [0.29, 0.717) is 5.69 Å². The van der Waals surface area contributed by atoms with Crippen LogP contribution in [0.2, 0.25) is 0 Å². The van der Waals surface area contributed by atoms with Gasteiger partial charge in [0.1, 0.15) is 4.21 Å². The first kappa shape index (κ1) is 27.2. The van der Waals surface area contributed by atoms with Gasteiger partial charge in [-0.05, 0) is 55.4 Å². The number of rotatable bonds is 7. The molecular weight excluding hydrogens is 530 g/mol. The number of thiophene rings is 1. The molecule has 3 heterocycles. The summed E-state index contributed by atoms with van der Waals surface area (Å²) in [5, 5.41) is 3.34. The van der Waals surface area contributed by atoms with Crippen LogP contribution in [0.4, 0.5) is 17.1 Å². The second-order valence-electron chi connectivity index (χ2n) is 7.96. The Kier molecular flexibility index (Phi) is 8.65. The SMILES string of the molecule is CN(c1cc(N2CCCNCC2)ccc1NS(=O)(=O)c1ccc(-c2ccccn2)s1)S(C)(=O)=O.Cl. The molecule has 190 valence electrons.